The average molecular weight is 729 g/mol. The maximum Gasteiger partial charge on any atom is 0.318 e. The summed E-state index contributed by atoms with van der Waals surface area (Å²) in [6.07, 6.45) is 0. The van der Waals surface area contributed by atoms with Gasteiger partial charge in [-0.2, -0.15) is 0 Å². The first-order valence-corrected chi connectivity index (χ1v) is 19.6. The van der Waals surface area contributed by atoms with Gasteiger partial charge in [0.15, 0.2) is 0 Å². The predicted molar refractivity (Wildman–Crippen MR) is 220 cm³/mol. The molecule has 0 bridgehead atoms. The van der Waals surface area contributed by atoms with Gasteiger partial charge >= 0.3 is 5.97 Å². The lowest BCUT2D eigenvalue weighted by Crippen LogP contribution is -2.24. The molecule has 4 rings (SSSR count). The smallest absolute Gasteiger partial charge is 0.318 e. The van der Waals surface area contributed by atoms with Gasteiger partial charge in [-0.1, -0.05) is 107 Å². The van der Waals surface area contributed by atoms with Crippen LogP contribution in [0.25, 0.3) is 10.8 Å². The first-order valence-electron chi connectivity index (χ1n) is 18.0. The van der Waals surface area contributed by atoms with Crippen molar-refractivity contribution >= 4 is 40.3 Å². The molecule has 0 aliphatic carbocycles. The lowest BCUT2D eigenvalue weighted by atomic mass is 9.79. The summed E-state index contributed by atoms with van der Waals surface area (Å²) in [7, 11) is 1.67. The molecular weight excluding hydrogens is 669 g/mol. The van der Waals surface area contributed by atoms with E-state index in [0.717, 1.165) is 54.1 Å². The van der Waals surface area contributed by atoms with Crippen LogP contribution < -0.4 is 9.47 Å². The quantitative estimate of drug-likeness (QED) is 0.0844. The number of methoxy groups -OCH3 is 1. The Kier molecular flexibility index (Phi) is 11.5. The van der Waals surface area contributed by atoms with Crippen molar-refractivity contribution in [1.82, 2.24) is 0 Å². The molecule has 0 aliphatic heterocycles. The van der Waals surface area contributed by atoms with Crippen LogP contribution in [0.5, 0.6) is 17.2 Å². The number of aromatic hydroxyl groups is 1. The number of carbonyl (C=O) groups excluding carboxylic acids is 1. The van der Waals surface area contributed by atoms with E-state index in [1.807, 2.05) is 60.8 Å². The molecule has 1 N–H and O–H groups in total. The summed E-state index contributed by atoms with van der Waals surface area (Å²) in [4.78, 5) is 16.2. The van der Waals surface area contributed by atoms with Gasteiger partial charge in [0.2, 0.25) is 0 Å². The molecule has 4 aromatic carbocycles. The summed E-state index contributed by atoms with van der Waals surface area (Å²) in [5.41, 5.74) is 3.90. The van der Waals surface area contributed by atoms with Gasteiger partial charge in [-0.3, -0.25) is 4.79 Å². The SMILES string of the molecule is COc1ccc2cc([C@@H](C)C(=O)Oc3c(C(C)(C)C)cc(SC(C)(C)Sc4cc(C(C)(C)C)c(O)c(C(C)(C)C)c4)cc3C(C)(C)C)ccc2c1. The lowest BCUT2D eigenvalue weighted by molar-refractivity contribution is -0.135. The second-order valence-corrected chi connectivity index (χ2v) is 22.1. The summed E-state index contributed by atoms with van der Waals surface area (Å²) >= 11 is 3.63. The van der Waals surface area contributed by atoms with Gasteiger partial charge in [-0.25, -0.2) is 0 Å². The fourth-order valence-electron chi connectivity index (χ4n) is 6.25. The minimum absolute atomic E-state index is 0.200. The van der Waals surface area contributed by atoms with E-state index in [1.165, 1.54) is 0 Å². The Balaban J connectivity index is 1.72. The number of hydrogen-bond donors (Lipinski definition) is 1. The number of fused-ring (bicyclic) bond motifs is 1. The molecule has 4 aromatic rings. The lowest BCUT2D eigenvalue weighted by Gasteiger charge is -2.32. The number of rotatable bonds is 8. The van der Waals surface area contributed by atoms with Crippen LogP contribution in [-0.4, -0.2) is 22.3 Å². The molecule has 0 saturated heterocycles. The number of phenolic OH excluding ortho intramolecular Hbond substituents is 1. The van der Waals surface area contributed by atoms with Crippen LogP contribution in [-0.2, 0) is 26.5 Å². The van der Waals surface area contributed by atoms with Gasteiger partial charge in [-0.05, 0) is 95.2 Å². The zero-order chi connectivity index (χ0) is 38.5. The van der Waals surface area contributed by atoms with Gasteiger partial charge in [-0.15, -0.1) is 23.5 Å². The molecule has 0 spiro atoms. The maximum absolute atomic E-state index is 14.0. The molecule has 51 heavy (non-hydrogen) atoms. The number of phenols is 1. The molecular formula is C45H60O4S2. The number of esters is 1. The molecule has 0 aromatic heterocycles. The zero-order valence-electron chi connectivity index (χ0n) is 33.8. The van der Waals surface area contributed by atoms with Crippen LogP contribution >= 0.6 is 23.5 Å². The summed E-state index contributed by atoms with van der Waals surface area (Å²) in [5.74, 6) is 1.14. The highest BCUT2D eigenvalue weighted by Gasteiger charge is 2.33. The first-order chi connectivity index (χ1) is 23.2. The van der Waals surface area contributed by atoms with Gasteiger partial charge in [0.1, 0.15) is 17.2 Å². The average Bonchev–Trinajstić information content (AvgIpc) is 2.98. The molecule has 0 fully saturated rings. The highest BCUT2D eigenvalue weighted by atomic mass is 32.2. The summed E-state index contributed by atoms with van der Waals surface area (Å²) in [6.45, 7) is 32.4. The number of hydrogen-bond acceptors (Lipinski definition) is 6. The summed E-state index contributed by atoms with van der Waals surface area (Å²) < 4.78 is 11.6. The summed E-state index contributed by atoms with van der Waals surface area (Å²) in [6, 6.07) is 20.8. The van der Waals surface area contributed by atoms with Crippen LogP contribution in [0.1, 0.15) is 138 Å². The Morgan fingerprint density at radius 1 is 0.608 bits per heavy atom. The van der Waals surface area contributed by atoms with Crippen molar-refractivity contribution in [1.29, 1.82) is 0 Å². The van der Waals surface area contributed by atoms with Crippen molar-refractivity contribution in [3.05, 3.63) is 88.5 Å². The molecule has 276 valence electrons. The van der Waals surface area contributed by atoms with Crippen LogP contribution in [0.3, 0.4) is 0 Å². The van der Waals surface area contributed by atoms with Crippen molar-refractivity contribution in [2.45, 2.75) is 145 Å². The molecule has 6 heteroatoms. The van der Waals surface area contributed by atoms with Crippen molar-refractivity contribution in [2.75, 3.05) is 7.11 Å². The van der Waals surface area contributed by atoms with Crippen molar-refractivity contribution < 1.29 is 19.4 Å². The Hall–Kier alpha value is -3.09. The van der Waals surface area contributed by atoms with E-state index in [4.69, 9.17) is 9.47 Å². The van der Waals surface area contributed by atoms with Crippen LogP contribution in [0.4, 0.5) is 0 Å². The van der Waals surface area contributed by atoms with Crippen LogP contribution in [0.2, 0.25) is 0 Å². The number of benzene rings is 4. The minimum Gasteiger partial charge on any atom is -0.507 e. The molecule has 0 saturated carbocycles. The normalized spacial score (nSPS) is 13.7. The van der Waals surface area contributed by atoms with Crippen molar-refractivity contribution in [2.24, 2.45) is 0 Å². The minimum atomic E-state index is -0.456. The van der Waals surface area contributed by atoms with Gasteiger partial charge in [0, 0.05) is 32.0 Å². The largest absolute Gasteiger partial charge is 0.507 e. The zero-order valence-corrected chi connectivity index (χ0v) is 35.5. The third kappa shape index (κ3) is 9.67. The fourth-order valence-corrected chi connectivity index (χ4v) is 8.83. The van der Waals surface area contributed by atoms with Crippen molar-refractivity contribution in [3.8, 4) is 17.2 Å². The predicted octanol–water partition coefficient (Wildman–Crippen LogP) is 13.1. The molecule has 4 nitrogen and oxygen atoms in total. The third-order valence-electron chi connectivity index (χ3n) is 9.23. The van der Waals surface area contributed by atoms with Gasteiger partial charge in [0.05, 0.1) is 17.1 Å². The maximum atomic E-state index is 14.0. The Labute approximate surface area is 316 Å². The molecule has 0 amide bonds. The number of carbonyl (C=O) groups is 1. The third-order valence-corrected chi connectivity index (χ3v) is 11.7. The topological polar surface area (TPSA) is 55.8 Å². The number of ether oxygens (including phenoxy) is 2. The molecule has 1 atom stereocenters. The first kappa shape index (κ1) is 40.7. The fraction of sp³-hybridized carbons (Fsp3) is 0.489. The van der Waals surface area contributed by atoms with E-state index in [2.05, 4.69) is 127 Å². The second kappa shape index (κ2) is 14.4. The second-order valence-electron chi connectivity index (χ2n) is 18.4. The Morgan fingerprint density at radius 3 is 1.45 bits per heavy atom. The molecule has 0 heterocycles. The molecule has 0 radical (unpaired) electrons. The van der Waals surface area contributed by atoms with E-state index in [1.54, 1.807) is 7.11 Å². The Bertz CT molecular complexity index is 1840. The van der Waals surface area contributed by atoms with Crippen LogP contribution in [0.15, 0.2) is 70.5 Å². The van der Waals surface area contributed by atoms with E-state index in [-0.39, 0.29) is 31.7 Å². The van der Waals surface area contributed by atoms with E-state index in [0.29, 0.717) is 11.5 Å². The summed E-state index contributed by atoms with van der Waals surface area (Å²) in [5, 5.41) is 13.4. The van der Waals surface area contributed by atoms with E-state index < -0.39 is 5.92 Å². The van der Waals surface area contributed by atoms with E-state index >= 15 is 0 Å². The van der Waals surface area contributed by atoms with Crippen LogP contribution in [0, 0.1) is 0 Å². The Morgan fingerprint density at radius 2 is 1.02 bits per heavy atom. The molecule has 0 unspecified atom stereocenters. The van der Waals surface area contributed by atoms with E-state index in [9.17, 15) is 9.90 Å². The van der Waals surface area contributed by atoms with Crippen molar-refractivity contribution in [3.63, 3.8) is 0 Å². The standard InChI is InChI=1S/C45H60O4S2/c1-27(28-17-18-30-22-31(48-16)20-19-29(30)21-28)40(47)49-39-36(43(8,9)10)25-33(26-37(39)44(11,12)13)51-45(14,15)50-32-23-34(41(2,3)4)38(46)35(24-32)42(5,6)7/h17-27,46H,1-16H3/t27-/m1/s1. The number of thioether (sulfide) groups is 2. The van der Waals surface area contributed by atoms with Gasteiger partial charge < -0.3 is 14.6 Å². The highest BCUT2D eigenvalue weighted by molar-refractivity contribution is 8.18. The monoisotopic (exact) mass is 728 g/mol. The highest BCUT2D eigenvalue weighted by Crippen LogP contribution is 2.51. The van der Waals surface area contributed by atoms with Gasteiger partial charge in [0.25, 0.3) is 0 Å². The molecule has 0 aliphatic rings.